The van der Waals surface area contributed by atoms with E-state index in [9.17, 15) is 0 Å². The molecule has 2 N–H and O–H groups in total. The van der Waals surface area contributed by atoms with Gasteiger partial charge in [-0.25, -0.2) is 9.98 Å². The molecule has 2 aromatic heterocycles. The second kappa shape index (κ2) is 10.7. The molecule has 0 saturated heterocycles. The SMILES string of the molecule is COc1ccc(CN=C(NCCc2ccco2)NCc2nc(C(C)C)cs2)cc1. The molecule has 154 valence electrons. The largest absolute Gasteiger partial charge is 0.497 e. The summed E-state index contributed by atoms with van der Waals surface area (Å²) in [4.78, 5) is 9.41. The van der Waals surface area contributed by atoms with Crippen LogP contribution in [0.15, 0.2) is 57.5 Å². The highest BCUT2D eigenvalue weighted by atomic mass is 32.1. The fourth-order valence-electron chi connectivity index (χ4n) is 2.67. The lowest BCUT2D eigenvalue weighted by atomic mass is 10.2. The maximum absolute atomic E-state index is 5.40. The summed E-state index contributed by atoms with van der Waals surface area (Å²) >= 11 is 1.68. The molecule has 29 heavy (non-hydrogen) atoms. The number of hydrogen-bond donors (Lipinski definition) is 2. The van der Waals surface area contributed by atoms with Gasteiger partial charge < -0.3 is 19.8 Å². The topological polar surface area (TPSA) is 71.7 Å². The summed E-state index contributed by atoms with van der Waals surface area (Å²) in [6.45, 7) is 6.27. The Balaban J connectivity index is 1.60. The molecule has 6 nitrogen and oxygen atoms in total. The van der Waals surface area contributed by atoms with Crippen LogP contribution in [0.1, 0.15) is 41.8 Å². The summed E-state index contributed by atoms with van der Waals surface area (Å²) in [6, 6.07) is 11.8. The molecule has 0 unspecified atom stereocenters. The van der Waals surface area contributed by atoms with Crippen molar-refractivity contribution in [2.45, 2.75) is 39.3 Å². The van der Waals surface area contributed by atoms with Crippen molar-refractivity contribution < 1.29 is 9.15 Å². The lowest BCUT2D eigenvalue weighted by molar-refractivity contribution is 0.414. The van der Waals surface area contributed by atoms with Gasteiger partial charge in [0.2, 0.25) is 0 Å². The summed E-state index contributed by atoms with van der Waals surface area (Å²) in [7, 11) is 1.67. The third-order valence-electron chi connectivity index (χ3n) is 4.39. The number of nitrogens with zero attached hydrogens (tertiary/aromatic N) is 2. The van der Waals surface area contributed by atoms with Gasteiger partial charge in [0.1, 0.15) is 16.5 Å². The molecule has 0 spiro atoms. The quantitative estimate of drug-likeness (QED) is 0.404. The second-order valence-corrected chi connectivity index (χ2v) is 7.89. The molecule has 0 amide bonds. The van der Waals surface area contributed by atoms with E-state index >= 15 is 0 Å². The number of benzene rings is 1. The van der Waals surface area contributed by atoms with Crippen molar-refractivity contribution in [1.82, 2.24) is 15.6 Å². The van der Waals surface area contributed by atoms with E-state index < -0.39 is 0 Å². The number of ether oxygens (including phenoxy) is 1. The van der Waals surface area contributed by atoms with Gasteiger partial charge in [0.25, 0.3) is 0 Å². The minimum Gasteiger partial charge on any atom is -0.497 e. The highest BCUT2D eigenvalue weighted by molar-refractivity contribution is 7.09. The fourth-order valence-corrected chi connectivity index (χ4v) is 3.56. The molecule has 0 bridgehead atoms. The average molecular weight is 413 g/mol. The third-order valence-corrected chi connectivity index (χ3v) is 5.26. The second-order valence-electron chi connectivity index (χ2n) is 6.94. The van der Waals surface area contributed by atoms with Gasteiger partial charge in [-0.2, -0.15) is 0 Å². The molecule has 7 heteroatoms. The van der Waals surface area contributed by atoms with Gasteiger partial charge in [-0.15, -0.1) is 11.3 Å². The Bertz CT molecular complexity index is 886. The van der Waals surface area contributed by atoms with Crippen molar-refractivity contribution in [1.29, 1.82) is 0 Å². The van der Waals surface area contributed by atoms with Crippen molar-refractivity contribution in [2.24, 2.45) is 4.99 Å². The van der Waals surface area contributed by atoms with Crippen LogP contribution in [0.25, 0.3) is 0 Å². The van der Waals surface area contributed by atoms with Gasteiger partial charge in [-0.3, -0.25) is 0 Å². The summed E-state index contributed by atoms with van der Waals surface area (Å²) in [5.74, 6) is 2.99. The van der Waals surface area contributed by atoms with Crippen LogP contribution in [0.5, 0.6) is 5.75 Å². The molecule has 3 rings (SSSR count). The number of nitrogens with one attached hydrogen (secondary N) is 2. The van der Waals surface area contributed by atoms with Gasteiger partial charge in [-0.1, -0.05) is 26.0 Å². The third kappa shape index (κ3) is 6.64. The van der Waals surface area contributed by atoms with Crippen molar-refractivity contribution in [3.63, 3.8) is 0 Å². The molecule has 0 fully saturated rings. The number of guanidine groups is 1. The monoisotopic (exact) mass is 412 g/mol. The Labute approximate surface area is 176 Å². The van der Waals surface area contributed by atoms with Gasteiger partial charge in [0.05, 0.1) is 32.2 Å². The van der Waals surface area contributed by atoms with E-state index in [1.54, 1.807) is 24.7 Å². The van der Waals surface area contributed by atoms with E-state index in [-0.39, 0.29) is 0 Å². The smallest absolute Gasteiger partial charge is 0.191 e. The van der Waals surface area contributed by atoms with Gasteiger partial charge in [0.15, 0.2) is 5.96 Å². The lowest BCUT2D eigenvalue weighted by Gasteiger charge is -2.11. The first-order valence-electron chi connectivity index (χ1n) is 9.76. The molecular weight excluding hydrogens is 384 g/mol. The maximum Gasteiger partial charge on any atom is 0.191 e. The van der Waals surface area contributed by atoms with Crippen LogP contribution in [0.3, 0.4) is 0 Å². The Morgan fingerprint density at radius 2 is 2.03 bits per heavy atom. The van der Waals surface area contributed by atoms with E-state index in [1.807, 2.05) is 36.4 Å². The van der Waals surface area contributed by atoms with Crippen molar-refractivity contribution in [3.05, 3.63) is 70.1 Å². The number of rotatable bonds is 9. The number of aromatic nitrogens is 1. The van der Waals surface area contributed by atoms with Crippen LogP contribution in [0, 0.1) is 0 Å². The highest BCUT2D eigenvalue weighted by Gasteiger charge is 2.07. The minimum absolute atomic E-state index is 0.439. The molecule has 0 radical (unpaired) electrons. The highest BCUT2D eigenvalue weighted by Crippen LogP contribution is 2.17. The summed E-state index contributed by atoms with van der Waals surface area (Å²) < 4.78 is 10.6. The van der Waals surface area contributed by atoms with Gasteiger partial charge in [0, 0.05) is 18.3 Å². The predicted octanol–water partition coefficient (Wildman–Crippen LogP) is 4.35. The van der Waals surface area contributed by atoms with E-state index in [1.165, 1.54) is 0 Å². The first-order valence-corrected chi connectivity index (χ1v) is 10.6. The number of methoxy groups -OCH3 is 1. The van der Waals surface area contributed by atoms with Gasteiger partial charge >= 0.3 is 0 Å². The summed E-state index contributed by atoms with van der Waals surface area (Å²) in [5.41, 5.74) is 2.25. The van der Waals surface area contributed by atoms with Crippen LogP contribution in [-0.2, 0) is 19.5 Å². The van der Waals surface area contributed by atoms with Crippen molar-refractivity contribution in [3.8, 4) is 5.75 Å². The van der Waals surface area contributed by atoms with Crippen LogP contribution < -0.4 is 15.4 Å². The summed E-state index contributed by atoms with van der Waals surface area (Å²) in [5, 5.41) is 9.95. The normalized spacial score (nSPS) is 11.7. The predicted molar refractivity (Wildman–Crippen MR) is 118 cm³/mol. The Kier molecular flexibility index (Phi) is 7.69. The van der Waals surface area contributed by atoms with E-state index in [0.29, 0.717) is 19.0 Å². The number of furan rings is 1. The summed E-state index contributed by atoms with van der Waals surface area (Å²) in [6.07, 6.45) is 2.49. The van der Waals surface area contributed by atoms with Gasteiger partial charge in [-0.05, 0) is 35.7 Å². The van der Waals surface area contributed by atoms with E-state index in [0.717, 1.165) is 46.7 Å². The zero-order valence-corrected chi connectivity index (χ0v) is 18.0. The standard InChI is InChI=1S/C22H28N4O2S/c1-16(2)20-15-29-21(26-20)14-25-22(23-11-10-19-5-4-12-28-19)24-13-17-6-8-18(27-3)9-7-17/h4-9,12,15-16H,10-11,13-14H2,1-3H3,(H2,23,24,25). The lowest BCUT2D eigenvalue weighted by Crippen LogP contribution is -2.38. The van der Waals surface area contributed by atoms with Crippen LogP contribution >= 0.6 is 11.3 Å². The average Bonchev–Trinajstić information content (AvgIpc) is 3.42. The molecule has 0 aliphatic carbocycles. The zero-order valence-electron chi connectivity index (χ0n) is 17.1. The number of thiazole rings is 1. The fraction of sp³-hybridized carbons (Fsp3) is 0.364. The molecule has 0 saturated carbocycles. The molecule has 0 aliphatic heterocycles. The Morgan fingerprint density at radius 3 is 2.69 bits per heavy atom. The molecule has 2 heterocycles. The maximum atomic E-state index is 5.40. The van der Waals surface area contributed by atoms with Crippen molar-refractivity contribution >= 4 is 17.3 Å². The number of hydrogen-bond acceptors (Lipinski definition) is 5. The van der Waals surface area contributed by atoms with E-state index in [2.05, 4.69) is 34.8 Å². The molecular formula is C22H28N4O2S. The molecule has 0 aliphatic rings. The minimum atomic E-state index is 0.439. The zero-order chi connectivity index (χ0) is 20.5. The van der Waals surface area contributed by atoms with Crippen LogP contribution in [0.4, 0.5) is 0 Å². The van der Waals surface area contributed by atoms with E-state index in [4.69, 9.17) is 14.1 Å². The molecule has 0 atom stereocenters. The van der Waals surface area contributed by atoms with Crippen LogP contribution in [-0.4, -0.2) is 24.6 Å². The Morgan fingerprint density at radius 1 is 1.21 bits per heavy atom. The molecule has 1 aromatic carbocycles. The first kappa shape index (κ1) is 20.9. The van der Waals surface area contributed by atoms with Crippen molar-refractivity contribution in [2.75, 3.05) is 13.7 Å². The first-order chi connectivity index (χ1) is 14.1. The van der Waals surface area contributed by atoms with Crippen LogP contribution in [0.2, 0.25) is 0 Å². The number of aliphatic imine (C=N–C) groups is 1. The molecule has 3 aromatic rings. The Hall–Kier alpha value is -2.80.